The molecule has 0 heterocycles. The minimum absolute atomic E-state index is 0.269. The number of benzene rings is 1. The molecule has 19 heavy (non-hydrogen) atoms. The van der Waals surface area contributed by atoms with Gasteiger partial charge >= 0.3 is 0 Å². The Morgan fingerprint density at radius 2 is 1.84 bits per heavy atom. The molecule has 5 nitrogen and oxygen atoms in total. The highest BCUT2D eigenvalue weighted by molar-refractivity contribution is 7.89. The minimum atomic E-state index is -3.37. The molecule has 1 aromatic carbocycles. The minimum Gasteiger partial charge on any atom is -0.388 e. The Labute approximate surface area is 114 Å². The van der Waals surface area contributed by atoms with Crippen molar-refractivity contribution in [2.45, 2.75) is 29.8 Å². The molecule has 1 saturated carbocycles. The molecule has 106 valence electrons. The summed E-state index contributed by atoms with van der Waals surface area (Å²) in [6, 6.07) is 6.59. The van der Waals surface area contributed by atoms with E-state index in [0.29, 0.717) is 6.54 Å². The van der Waals surface area contributed by atoms with Crippen molar-refractivity contribution in [2.24, 2.45) is 0 Å². The van der Waals surface area contributed by atoms with Crippen molar-refractivity contribution in [1.29, 1.82) is 0 Å². The summed E-state index contributed by atoms with van der Waals surface area (Å²) in [7, 11) is -0.359. The predicted octanol–water partition coefficient (Wildman–Crippen LogP) is 1.26. The van der Waals surface area contributed by atoms with Crippen LogP contribution in [0, 0.1) is 0 Å². The van der Waals surface area contributed by atoms with Crippen molar-refractivity contribution >= 4 is 15.7 Å². The fourth-order valence-corrected chi connectivity index (χ4v) is 2.89. The molecule has 0 radical (unpaired) electrons. The van der Waals surface area contributed by atoms with Crippen LogP contribution < -0.4 is 5.32 Å². The smallest absolute Gasteiger partial charge is 0.242 e. The lowest BCUT2D eigenvalue weighted by atomic mass is 9.80. The molecule has 2 rings (SSSR count). The summed E-state index contributed by atoms with van der Waals surface area (Å²) in [5.74, 6) is 0. The van der Waals surface area contributed by atoms with Crippen LogP contribution in [0.1, 0.15) is 19.3 Å². The standard InChI is InChI=1S/C13H20N2O3S/c1-15(2)19(17,18)12-6-4-11(5-7-12)14-10-13(16)8-3-9-13/h4-7,14,16H,3,8-10H2,1-2H3. The van der Waals surface area contributed by atoms with E-state index in [-0.39, 0.29) is 4.90 Å². The van der Waals surface area contributed by atoms with E-state index in [4.69, 9.17) is 0 Å². The molecule has 0 amide bonds. The summed E-state index contributed by atoms with van der Waals surface area (Å²) < 4.78 is 24.9. The third-order valence-corrected chi connectivity index (χ3v) is 5.37. The zero-order valence-electron chi connectivity index (χ0n) is 11.3. The Kier molecular flexibility index (Phi) is 3.85. The quantitative estimate of drug-likeness (QED) is 0.854. The van der Waals surface area contributed by atoms with Crippen molar-refractivity contribution in [3.63, 3.8) is 0 Å². The lowest BCUT2D eigenvalue weighted by Gasteiger charge is -2.36. The van der Waals surface area contributed by atoms with Crippen molar-refractivity contribution in [1.82, 2.24) is 4.31 Å². The van der Waals surface area contributed by atoms with Crippen molar-refractivity contribution in [2.75, 3.05) is 26.0 Å². The first kappa shape index (κ1) is 14.3. The van der Waals surface area contributed by atoms with Crippen LogP contribution in [0.15, 0.2) is 29.2 Å². The van der Waals surface area contributed by atoms with Gasteiger partial charge in [-0.15, -0.1) is 0 Å². The molecule has 0 atom stereocenters. The number of anilines is 1. The molecule has 0 unspecified atom stereocenters. The molecule has 1 aromatic rings. The average molecular weight is 284 g/mol. The molecule has 6 heteroatoms. The van der Waals surface area contributed by atoms with Crippen LogP contribution >= 0.6 is 0 Å². The first-order chi connectivity index (χ1) is 8.83. The predicted molar refractivity (Wildman–Crippen MR) is 74.6 cm³/mol. The summed E-state index contributed by atoms with van der Waals surface area (Å²) >= 11 is 0. The van der Waals surface area contributed by atoms with Crippen LogP contribution in [0.4, 0.5) is 5.69 Å². The second-order valence-corrected chi connectivity index (χ2v) is 7.40. The topological polar surface area (TPSA) is 69.6 Å². The van der Waals surface area contributed by atoms with Gasteiger partial charge in [-0.3, -0.25) is 0 Å². The summed E-state index contributed by atoms with van der Waals surface area (Å²) in [6.45, 7) is 0.507. The molecule has 0 spiro atoms. The fourth-order valence-electron chi connectivity index (χ4n) is 1.98. The summed E-state index contributed by atoms with van der Waals surface area (Å²) in [4.78, 5) is 0.269. The summed E-state index contributed by atoms with van der Waals surface area (Å²) in [5.41, 5.74) is 0.229. The van der Waals surface area contributed by atoms with E-state index in [1.807, 2.05) is 0 Å². The van der Waals surface area contributed by atoms with E-state index in [1.54, 1.807) is 24.3 Å². The highest BCUT2D eigenvalue weighted by atomic mass is 32.2. The highest BCUT2D eigenvalue weighted by Crippen LogP contribution is 2.31. The van der Waals surface area contributed by atoms with Gasteiger partial charge in [0, 0.05) is 26.3 Å². The van der Waals surface area contributed by atoms with Gasteiger partial charge in [0.2, 0.25) is 10.0 Å². The van der Waals surface area contributed by atoms with Crippen molar-refractivity contribution in [3.05, 3.63) is 24.3 Å². The van der Waals surface area contributed by atoms with Crippen LogP contribution in [-0.4, -0.2) is 44.1 Å². The number of aliphatic hydroxyl groups is 1. The normalized spacial score (nSPS) is 18.1. The van der Waals surface area contributed by atoms with Gasteiger partial charge < -0.3 is 10.4 Å². The molecule has 0 aliphatic heterocycles. The van der Waals surface area contributed by atoms with Gasteiger partial charge in [0.05, 0.1) is 10.5 Å². The van der Waals surface area contributed by atoms with Gasteiger partial charge in [-0.2, -0.15) is 0 Å². The number of hydrogen-bond donors (Lipinski definition) is 2. The largest absolute Gasteiger partial charge is 0.388 e. The molecular weight excluding hydrogens is 264 g/mol. The maximum atomic E-state index is 11.9. The Hall–Kier alpha value is -1.11. The van der Waals surface area contributed by atoms with Crippen molar-refractivity contribution < 1.29 is 13.5 Å². The van der Waals surface area contributed by atoms with E-state index in [0.717, 1.165) is 24.9 Å². The molecule has 1 aliphatic carbocycles. The van der Waals surface area contributed by atoms with Crippen LogP contribution in [0.5, 0.6) is 0 Å². The third kappa shape index (κ3) is 3.08. The average Bonchev–Trinajstić information content (AvgIpc) is 2.34. The van der Waals surface area contributed by atoms with E-state index in [1.165, 1.54) is 18.4 Å². The molecule has 1 fully saturated rings. The zero-order chi connectivity index (χ0) is 14.1. The van der Waals surface area contributed by atoms with E-state index in [9.17, 15) is 13.5 Å². The first-order valence-corrected chi connectivity index (χ1v) is 7.76. The molecular formula is C13H20N2O3S. The number of nitrogens with zero attached hydrogens (tertiary/aromatic N) is 1. The van der Waals surface area contributed by atoms with Gasteiger partial charge in [-0.1, -0.05) is 0 Å². The molecule has 0 aromatic heterocycles. The van der Waals surface area contributed by atoms with Crippen LogP contribution in [-0.2, 0) is 10.0 Å². The van der Waals surface area contributed by atoms with Gasteiger partial charge in [-0.05, 0) is 43.5 Å². The highest BCUT2D eigenvalue weighted by Gasteiger charge is 2.33. The SMILES string of the molecule is CN(C)S(=O)(=O)c1ccc(NCC2(O)CCC2)cc1. The number of hydrogen-bond acceptors (Lipinski definition) is 4. The second-order valence-electron chi connectivity index (χ2n) is 5.24. The maximum Gasteiger partial charge on any atom is 0.242 e. The van der Waals surface area contributed by atoms with E-state index in [2.05, 4.69) is 5.32 Å². The molecule has 2 N–H and O–H groups in total. The Bertz CT molecular complexity index is 534. The zero-order valence-corrected chi connectivity index (χ0v) is 12.1. The van der Waals surface area contributed by atoms with Crippen LogP contribution in [0.2, 0.25) is 0 Å². The lowest BCUT2D eigenvalue weighted by molar-refractivity contribution is -0.0201. The Morgan fingerprint density at radius 3 is 2.26 bits per heavy atom. The molecule has 0 saturated heterocycles. The second kappa shape index (κ2) is 5.11. The Morgan fingerprint density at radius 1 is 1.26 bits per heavy atom. The van der Waals surface area contributed by atoms with Gasteiger partial charge in [-0.25, -0.2) is 12.7 Å². The van der Waals surface area contributed by atoms with Crippen LogP contribution in [0.3, 0.4) is 0 Å². The third-order valence-electron chi connectivity index (χ3n) is 3.54. The van der Waals surface area contributed by atoms with Gasteiger partial charge in [0.15, 0.2) is 0 Å². The Balaban J connectivity index is 2.02. The van der Waals surface area contributed by atoms with E-state index >= 15 is 0 Å². The summed E-state index contributed by atoms with van der Waals surface area (Å²) in [5, 5.41) is 13.1. The number of rotatable bonds is 5. The van der Waals surface area contributed by atoms with Crippen molar-refractivity contribution in [3.8, 4) is 0 Å². The lowest BCUT2D eigenvalue weighted by Crippen LogP contribution is -2.43. The van der Waals surface area contributed by atoms with Gasteiger partial charge in [0.25, 0.3) is 0 Å². The van der Waals surface area contributed by atoms with Crippen LogP contribution in [0.25, 0.3) is 0 Å². The molecule has 1 aliphatic rings. The maximum absolute atomic E-state index is 11.9. The molecule has 0 bridgehead atoms. The summed E-state index contributed by atoms with van der Waals surface area (Å²) in [6.07, 6.45) is 2.72. The number of nitrogens with one attached hydrogen (secondary N) is 1. The van der Waals surface area contributed by atoms with E-state index < -0.39 is 15.6 Å². The first-order valence-electron chi connectivity index (χ1n) is 6.32. The fraction of sp³-hybridized carbons (Fsp3) is 0.538. The van der Waals surface area contributed by atoms with Gasteiger partial charge in [0.1, 0.15) is 0 Å². The monoisotopic (exact) mass is 284 g/mol. The number of sulfonamides is 1.